The average Bonchev–Trinajstić information content (AvgIpc) is 2.49. The molecule has 4 heteroatoms. The summed E-state index contributed by atoms with van der Waals surface area (Å²) in [6.07, 6.45) is 2.15. The van der Waals surface area contributed by atoms with E-state index in [9.17, 15) is 5.11 Å². The van der Waals surface area contributed by atoms with Crippen LogP contribution in [0, 0.1) is 0 Å². The minimum absolute atomic E-state index is 0.152. The summed E-state index contributed by atoms with van der Waals surface area (Å²) in [4.78, 5) is 2.20. The van der Waals surface area contributed by atoms with Crippen LogP contribution < -0.4 is 0 Å². The van der Waals surface area contributed by atoms with Gasteiger partial charge in [0, 0.05) is 6.54 Å². The van der Waals surface area contributed by atoms with E-state index in [4.69, 9.17) is 9.47 Å². The van der Waals surface area contributed by atoms with Crippen LogP contribution in [-0.4, -0.2) is 55.2 Å². The lowest BCUT2D eigenvalue weighted by molar-refractivity contribution is -0.110. The van der Waals surface area contributed by atoms with Crippen molar-refractivity contribution >= 4 is 0 Å². The van der Waals surface area contributed by atoms with Gasteiger partial charge in [0.15, 0.2) is 0 Å². The summed E-state index contributed by atoms with van der Waals surface area (Å²) in [5.41, 5.74) is -0.152. The van der Waals surface area contributed by atoms with Crippen molar-refractivity contribution in [2.75, 3.05) is 39.7 Å². The molecule has 0 spiro atoms. The maximum absolute atomic E-state index is 9.39. The predicted octanol–water partition coefficient (Wildman–Crippen LogP) is -0.182. The maximum atomic E-state index is 9.39. The van der Waals surface area contributed by atoms with Gasteiger partial charge in [0.05, 0.1) is 38.7 Å². The molecule has 0 aromatic heterocycles. The molecule has 0 amide bonds. The third kappa shape index (κ3) is 1.72. The number of rotatable bonds is 1. The molecule has 0 aromatic rings. The first-order valence-electron chi connectivity index (χ1n) is 4.89. The van der Waals surface area contributed by atoms with Gasteiger partial charge in [-0.1, -0.05) is 0 Å². The fourth-order valence-electron chi connectivity index (χ4n) is 2.14. The minimum Gasteiger partial charge on any atom is -0.394 e. The summed E-state index contributed by atoms with van der Waals surface area (Å²) < 4.78 is 10.9. The van der Waals surface area contributed by atoms with Crippen LogP contribution in [0.3, 0.4) is 0 Å². The number of aliphatic hydroxyl groups excluding tert-OH is 1. The normalized spacial score (nSPS) is 36.7. The molecule has 0 saturated carbocycles. The Morgan fingerprint density at radius 1 is 1.31 bits per heavy atom. The third-order valence-corrected chi connectivity index (χ3v) is 3.03. The van der Waals surface area contributed by atoms with Crippen LogP contribution in [0.25, 0.3) is 0 Å². The van der Waals surface area contributed by atoms with Crippen molar-refractivity contribution in [2.45, 2.75) is 18.4 Å². The van der Waals surface area contributed by atoms with Gasteiger partial charge in [-0.05, 0) is 12.8 Å². The number of ether oxygens (including phenoxy) is 2. The minimum atomic E-state index is -0.152. The molecule has 2 heterocycles. The van der Waals surface area contributed by atoms with Gasteiger partial charge in [0.2, 0.25) is 0 Å². The number of aliphatic hydroxyl groups is 1. The Morgan fingerprint density at radius 3 is 3.00 bits per heavy atom. The lowest BCUT2D eigenvalue weighted by Crippen LogP contribution is -2.52. The van der Waals surface area contributed by atoms with Crippen LogP contribution in [0.4, 0.5) is 0 Å². The van der Waals surface area contributed by atoms with E-state index >= 15 is 0 Å². The number of hydrogen-bond donors (Lipinski definition) is 1. The third-order valence-electron chi connectivity index (χ3n) is 3.03. The number of fused-ring (bicyclic) bond motifs is 1. The quantitative estimate of drug-likeness (QED) is 0.618. The molecule has 1 unspecified atom stereocenters. The second-order valence-electron chi connectivity index (χ2n) is 3.84. The molecule has 76 valence electrons. The van der Waals surface area contributed by atoms with E-state index in [2.05, 4.69) is 4.90 Å². The van der Waals surface area contributed by atoms with Crippen LogP contribution in [-0.2, 0) is 9.47 Å². The largest absolute Gasteiger partial charge is 0.394 e. The smallest absolute Gasteiger partial charge is 0.0997 e. The maximum Gasteiger partial charge on any atom is 0.0997 e. The van der Waals surface area contributed by atoms with Crippen molar-refractivity contribution in [1.82, 2.24) is 4.90 Å². The molecule has 0 bridgehead atoms. The average molecular weight is 187 g/mol. The van der Waals surface area contributed by atoms with E-state index in [1.165, 1.54) is 0 Å². The van der Waals surface area contributed by atoms with Gasteiger partial charge in [0.1, 0.15) is 0 Å². The van der Waals surface area contributed by atoms with Gasteiger partial charge < -0.3 is 14.6 Å². The van der Waals surface area contributed by atoms with Crippen molar-refractivity contribution in [3.8, 4) is 0 Å². The molecule has 1 N–H and O–H groups in total. The molecule has 0 aromatic carbocycles. The van der Waals surface area contributed by atoms with Gasteiger partial charge in [-0.25, -0.2) is 0 Å². The highest BCUT2D eigenvalue weighted by Crippen LogP contribution is 2.29. The molecule has 2 rings (SSSR count). The summed E-state index contributed by atoms with van der Waals surface area (Å²) in [6, 6.07) is 0. The van der Waals surface area contributed by atoms with Crippen molar-refractivity contribution in [2.24, 2.45) is 0 Å². The van der Waals surface area contributed by atoms with E-state index in [0.717, 1.165) is 19.4 Å². The van der Waals surface area contributed by atoms with Gasteiger partial charge in [-0.3, -0.25) is 4.90 Å². The zero-order valence-electron chi connectivity index (χ0n) is 7.87. The standard InChI is InChI=1S/C9H17NO3/c11-6-9-2-1-3-10(9)8-13-5-4-12-7-9/h11H,1-8H2. The highest BCUT2D eigenvalue weighted by atomic mass is 16.5. The topological polar surface area (TPSA) is 41.9 Å². The second kappa shape index (κ2) is 3.92. The number of nitrogens with zero attached hydrogens (tertiary/aromatic N) is 1. The van der Waals surface area contributed by atoms with E-state index in [0.29, 0.717) is 26.6 Å². The fourth-order valence-corrected chi connectivity index (χ4v) is 2.14. The van der Waals surface area contributed by atoms with E-state index < -0.39 is 0 Å². The number of hydrogen-bond acceptors (Lipinski definition) is 4. The molecular weight excluding hydrogens is 170 g/mol. The Morgan fingerprint density at radius 2 is 2.15 bits per heavy atom. The summed E-state index contributed by atoms with van der Waals surface area (Å²) in [5.74, 6) is 0. The van der Waals surface area contributed by atoms with Gasteiger partial charge in [-0.2, -0.15) is 0 Å². The van der Waals surface area contributed by atoms with Crippen LogP contribution in [0.15, 0.2) is 0 Å². The Labute approximate surface area is 78.4 Å². The van der Waals surface area contributed by atoms with Crippen LogP contribution in [0.1, 0.15) is 12.8 Å². The van der Waals surface area contributed by atoms with Crippen molar-refractivity contribution in [3.63, 3.8) is 0 Å². The van der Waals surface area contributed by atoms with E-state index in [-0.39, 0.29) is 12.1 Å². The summed E-state index contributed by atoms with van der Waals surface area (Å²) >= 11 is 0. The fraction of sp³-hybridized carbons (Fsp3) is 1.00. The summed E-state index contributed by atoms with van der Waals surface area (Å²) in [5, 5.41) is 9.39. The van der Waals surface area contributed by atoms with E-state index in [1.807, 2.05) is 0 Å². The Bertz CT molecular complexity index is 176. The van der Waals surface area contributed by atoms with Crippen LogP contribution in [0.2, 0.25) is 0 Å². The van der Waals surface area contributed by atoms with Gasteiger partial charge in [-0.15, -0.1) is 0 Å². The first-order chi connectivity index (χ1) is 6.37. The molecule has 13 heavy (non-hydrogen) atoms. The Kier molecular flexibility index (Phi) is 2.83. The highest BCUT2D eigenvalue weighted by molar-refractivity contribution is 4.94. The monoisotopic (exact) mass is 187 g/mol. The molecule has 0 aliphatic carbocycles. The molecule has 2 aliphatic rings. The lowest BCUT2D eigenvalue weighted by Gasteiger charge is -2.37. The zero-order chi connectivity index (χ0) is 9.15. The van der Waals surface area contributed by atoms with E-state index in [1.54, 1.807) is 0 Å². The Hall–Kier alpha value is -0.160. The molecular formula is C9H17NO3. The lowest BCUT2D eigenvalue weighted by atomic mass is 9.99. The SMILES string of the molecule is OCC12CCCN1COCCOC2. The highest BCUT2D eigenvalue weighted by Gasteiger charge is 2.41. The van der Waals surface area contributed by atoms with Crippen molar-refractivity contribution < 1.29 is 14.6 Å². The molecule has 4 nitrogen and oxygen atoms in total. The van der Waals surface area contributed by atoms with Crippen LogP contribution in [0.5, 0.6) is 0 Å². The molecule has 2 fully saturated rings. The zero-order valence-corrected chi connectivity index (χ0v) is 7.87. The van der Waals surface area contributed by atoms with Gasteiger partial charge >= 0.3 is 0 Å². The molecule has 2 saturated heterocycles. The van der Waals surface area contributed by atoms with Crippen molar-refractivity contribution in [3.05, 3.63) is 0 Å². The van der Waals surface area contributed by atoms with Gasteiger partial charge in [0.25, 0.3) is 0 Å². The summed E-state index contributed by atoms with van der Waals surface area (Å²) in [6.45, 7) is 3.80. The first-order valence-corrected chi connectivity index (χ1v) is 4.89. The molecule has 2 aliphatic heterocycles. The van der Waals surface area contributed by atoms with Crippen LogP contribution >= 0.6 is 0 Å². The Balaban J connectivity index is 2.06. The van der Waals surface area contributed by atoms with Crippen molar-refractivity contribution in [1.29, 1.82) is 0 Å². The molecule has 0 radical (unpaired) electrons. The second-order valence-corrected chi connectivity index (χ2v) is 3.84. The first kappa shape index (κ1) is 9.40. The predicted molar refractivity (Wildman–Crippen MR) is 47.4 cm³/mol. The summed E-state index contributed by atoms with van der Waals surface area (Å²) in [7, 11) is 0. The molecule has 1 atom stereocenters.